The molecule has 0 aliphatic rings. The van der Waals surface area contributed by atoms with Crippen LogP contribution in [-0.4, -0.2) is 31.1 Å². The van der Waals surface area contributed by atoms with E-state index in [0.29, 0.717) is 13.1 Å². The van der Waals surface area contributed by atoms with Crippen molar-refractivity contribution in [2.24, 2.45) is 0 Å². The second kappa shape index (κ2) is 8.58. The molecule has 0 aromatic heterocycles. The van der Waals surface area contributed by atoms with E-state index in [1.54, 1.807) is 30.4 Å². The number of nitrogens with one attached hydrogen (secondary N) is 1. The fraction of sp³-hybridized carbons (Fsp3) is 0.188. The molecule has 1 N–H and O–H groups in total. The quantitative estimate of drug-likeness (QED) is 0.775. The Morgan fingerprint density at radius 1 is 1.25 bits per heavy atom. The summed E-state index contributed by atoms with van der Waals surface area (Å²) in [5.41, 5.74) is 0.977. The van der Waals surface area contributed by atoms with Crippen molar-refractivity contribution >= 4 is 12.1 Å². The maximum Gasteiger partial charge on any atom is 0.321 e. The lowest BCUT2D eigenvalue weighted by atomic mass is 10.2. The van der Waals surface area contributed by atoms with Gasteiger partial charge in [0.25, 0.3) is 0 Å². The lowest BCUT2D eigenvalue weighted by Gasteiger charge is -2.18. The zero-order chi connectivity index (χ0) is 14.8. The largest absolute Gasteiger partial charge is 0.497 e. The first-order valence-corrected chi connectivity index (χ1v) is 6.29. The van der Waals surface area contributed by atoms with Crippen LogP contribution in [0.5, 0.6) is 5.75 Å². The highest BCUT2D eigenvalue weighted by Crippen LogP contribution is 2.11. The summed E-state index contributed by atoms with van der Waals surface area (Å²) in [5.74, 6) is 0.800. The van der Waals surface area contributed by atoms with E-state index < -0.39 is 0 Å². The fourth-order valence-corrected chi connectivity index (χ4v) is 1.57. The van der Waals surface area contributed by atoms with Crippen LogP contribution in [-0.2, 0) is 0 Å². The number of carbonyl (C=O) groups is 1. The molecule has 0 bridgehead atoms. The highest BCUT2D eigenvalue weighted by molar-refractivity contribution is 5.76. The molecule has 0 saturated carbocycles. The number of amides is 2. The van der Waals surface area contributed by atoms with Crippen LogP contribution in [0.4, 0.5) is 4.79 Å². The van der Waals surface area contributed by atoms with E-state index in [-0.39, 0.29) is 6.03 Å². The SMILES string of the molecule is C=CCN(CC=C)C(=O)N/C=C/c1ccc(OC)cc1. The Morgan fingerprint density at radius 3 is 2.35 bits per heavy atom. The minimum Gasteiger partial charge on any atom is -0.497 e. The van der Waals surface area contributed by atoms with E-state index in [1.807, 2.05) is 30.3 Å². The number of benzene rings is 1. The van der Waals surface area contributed by atoms with Gasteiger partial charge in [0.05, 0.1) is 7.11 Å². The lowest BCUT2D eigenvalue weighted by molar-refractivity contribution is 0.212. The van der Waals surface area contributed by atoms with Gasteiger partial charge in [-0.2, -0.15) is 0 Å². The Kier molecular flexibility index (Phi) is 6.68. The summed E-state index contributed by atoms with van der Waals surface area (Å²) >= 11 is 0. The Balaban J connectivity index is 2.55. The molecule has 0 saturated heterocycles. The molecule has 0 radical (unpaired) electrons. The van der Waals surface area contributed by atoms with Crippen molar-refractivity contribution in [3.63, 3.8) is 0 Å². The van der Waals surface area contributed by atoms with Crippen molar-refractivity contribution in [3.8, 4) is 5.75 Å². The molecule has 4 nitrogen and oxygen atoms in total. The van der Waals surface area contributed by atoms with Crippen molar-refractivity contribution in [2.75, 3.05) is 20.2 Å². The Hall–Kier alpha value is -2.49. The van der Waals surface area contributed by atoms with Gasteiger partial charge in [-0.15, -0.1) is 13.2 Å². The molecule has 2 amide bonds. The molecule has 1 rings (SSSR count). The number of urea groups is 1. The monoisotopic (exact) mass is 272 g/mol. The second-order valence-corrected chi connectivity index (χ2v) is 4.04. The van der Waals surface area contributed by atoms with Crippen LogP contribution in [0.25, 0.3) is 6.08 Å². The molecule has 1 aromatic carbocycles. The third-order valence-electron chi connectivity index (χ3n) is 2.58. The summed E-state index contributed by atoms with van der Waals surface area (Å²) in [5, 5.41) is 2.71. The summed E-state index contributed by atoms with van der Waals surface area (Å²) in [6.07, 6.45) is 6.78. The van der Waals surface area contributed by atoms with Gasteiger partial charge >= 0.3 is 6.03 Å². The number of nitrogens with zero attached hydrogens (tertiary/aromatic N) is 1. The van der Waals surface area contributed by atoms with Gasteiger partial charge in [0.1, 0.15) is 5.75 Å². The molecule has 4 heteroatoms. The molecule has 0 aliphatic carbocycles. The third-order valence-corrected chi connectivity index (χ3v) is 2.58. The summed E-state index contributed by atoms with van der Waals surface area (Å²) in [6.45, 7) is 8.21. The molecule has 0 spiro atoms. The highest BCUT2D eigenvalue weighted by atomic mass is 16.5. The first-order chi connectivity index (χ1) is 9.71. The van der Waals surface area contributed by atoms with Crippen molar-refractivity contribution in [3.05, 3.63) is 61.3 Å². The zero-order valence-corrected chi connectivity index (χ0v) is 11.7. The molecule has 0 aliphatic heterocycles. The number of methoxy groups -OCH3 is 1. The zero-order valence-electron chi connectivity index (χ0n) is 11.7. The smallest absolute Gasteiger partial charge is 0.321 e. The van der Waals surface area contributed by atoms with E-state index in [2.05, 4.69) is 18.5 Å². The average molecular weight is 272 g/mol. The van der Waals surface area contributed by atoms with Gasteiger partial charge in [0.2, 0.25) is 0 Å². The Morgan fingerprint density at radius 2 is 1.85 bits per heavy atom. The summed E-state index contributed by atoms with van der Waals surface area (Å²) in [7, 11) is 1.62. The summed E-state index contributed by atoms with van der Waals surface area (Å²) < 4.78 is 5.08. The highest BCUT2D eigenvalue weighted by Gasteiger charge is 2.07. The van der Waals surface area contributed by atoms with Gasteiger partial charge < -0.3 is 15.0 Å². The van der Waals surface area contributed by atoms with E-state index in [9.17, 15) is 4.79 Å². The predicted octanol–water partition coefficient (Wildman–Crippen LogP) is 3.05. The molecule has 0 atom stereocenters. The van der Waals surface area contributed by atoms with Gasteiger partial charge in [-0.25, -0.2) is 4.79 Å². The Bertz CT molecular complexity index is 468. The fourth-order valence-electron chi connectivity index (χ4n) is 1.57. The molecule has 0 fully saturated rings. The van der Waals surface area contributed by atoms with Crippen LogP contribution < -0.4 is 10.1 Å². The van der Waals surface area contributed by atoms with Gasteiger partial charge in [0, 0.05) is 19.3 Å². The molecule has 1 aromatic rings. The maximum atomic E-state index is 11.9. The summed E-state index contributed by atoms with van der Waals surface area (Å²) in [4.78, 5) is 13.5. The minimum atomic E-state index is -0.186. The number of ether oxygens (including phenoxy) is 1. The first-order valence-electron chi connectivity index (χ1n) is 6.29. The van der Waals surface area contributed by atoms with Crippen LogP contribution in [0.2, 0.25) is 0 Å². The van der Waals surface area contributed by atoms with Crippen LogP contribution in [0.15, 0.2) is 55.8 Å². The van der Waals surface area contributed by atoms with E-state index in [0.717, 1.165) is 11.3 Å². The predicted molar refractivity (Wildman–Crippen MR) is 82.5 cm³/mol. The Labute approximate surface area is 120 Å². The molecular formula is C16H20N2O2. The van der Waals surface area contributed by atoms with Crippen LogP contribution in [0.3, 0.4) is 0 Å². The van der Waals surface area contributed by atoms with Crippen LogP contribution in [0, 0.1) is 0 Å². The van der Waals surface area contributed by atoms with Gasteiger partial charge in [-0.3, -0.25) is 0 Å². The topological polar surface area (TPSA) is 41.6 Å². The van der Waals surface area contributed by atoms with E-state index in [4.69, 9.17) is 4.74 Å². The van der Waals surface area contributed by atoms with Crippen molar-refractivity contribution in [1.29, 1.82) is 0 Å². The summed E-state index contributed by atoms with van der Waals surface area (Å²) in [6, 6.07) is 7.36. The van der Waals surface area contributed by atoms with Crippen molar-refractivity contribution < 1.29 is 9.53 Å². The second-order valence-electron chi connectivity index (χ2n) is 4.04. The number of hydrogen-bond acceptors (Lipinski definition) is 2. The van der Waals surface area contributed by atoms with Gasteiger partial charge in [0.15, 0.2) is 0 Å². The number of rotatable bonds is 7. The molecule has 20 heavy (non-hydrogen) atoms. The molecule has 106 valence electrons. The molecule has 0 unspecified atom stereocenters. The normalized spacial score (nSPS) is 10.1. The van der Waals surface area contributed by atoms with Crippen LogP contribution in [0.1, 0.15) is 5.56 Å². The van der Waals surface area contributed by atoms with Crippen molar-refractivity contribution in [2.45, 2.75) is 0 Å². The number of hydrogen-bond donors (Lipinski definition) is 1. The molecular weight excluding hydrogens is 252 g/mol. The number of carbonyl (C=O) groups excluding carboxylic acids is 1. The van der Waals surface area contributed by atoms with Crippen LogP contribution >= 0.6 is 0 Å². The van der Waals surface area contributed by atoms with E-state index in [1.165, 1.54) is 0 Å². The van der Waals surface area contributed by atoms with Gasteiger partial charge in [-0.05, 0) is 23.8 Å². The maximum absolute atomic E-state index is 11.9. The first kappa shape index (κ1) is 15.6. The van der Waals surface area contributed by atoms with E-state index >= 15 is 0 Å². The molecule has 0 heterocycles. The standard InChI is InChI=1S/C16H20N2O2/c1-4-12-18(13-5-2)16(19)17-11-10-14-6-8-15(20-3)9-7-14/h4-11H,1-2,12-13H2,3H3,(H,17,19)/b11-10+. The average Bonchev–Trinajstić information content (AvgIpc) is 2.47. The minimum absolute atomic E-state index is 0.186. The third kappa shape index (κ3) is 5.02. The van der Waals surface area contributed by atoms with Crippen molar-refractivity contribution in [1.82, 2.24) is 10.2 Å². The lowest BCUT2D eigenvalue weighted by Crippen LogP contribution is -2.37. The van der Waals surface area contributed by atoms with Gasteiger partial charge in [-0.1, -0.05) is 24.3 Å².